The minimum atomic E-state index is -0.115. The minimum absolute atomic E-state index is 0.0794. The summed E-state index contributed by atoms with van der Waals surface area (Å²) < 4.78 is 5.39. The maximum Gasteiger partial charge on any atom is 0.274 e. The van der Waals surface area contributed by atoms with E-state index in [9.17, 15) is 9.59 Å². The van der Waals surface area contributed by atoms with E-state index in [1.54, 1.807) is 18.0 Å². The van der Waals surface area contributed by atoms with Crippen molar-refractivity contribution in [2.24, 2.45) is 0 Å². The zero-order valence-corrected chi connectivity index (χ0v) is 13.4. The van der Waals surface area contributed by atoms with Crippen LogP contribution in [-0.2, 0) is 9.53 Å². The molecule has 2 aliphatic rings. The van der Waals surface area contributed by atoms with E-state index in [-0.39, 0.29) is 23.9 Å². The molecule has 1 aromatic rings. The fraction of sp³-hybridized carbons (Fsp3) is 0.625. The molecular formula is C16H22N4O3. The molecule has 0 aliphatic carbocycles. The summed E-state index contributed by atoms with van der Waals surface area (Å²) in [5.41, 5.74) is 0.355. The van der Waals surface area contributed by atoms with Gasteiger partial charge >= 0.3 is 0 Å². The molecule has 2 saturated heterocycles. The van der Waals surface area contributed by atoms with Gasteiger partial charge in [-0.1, -0.05) is 0 Å². The van der Waals surface area contributed by atoms with Gasteiger partial charge in [-0.3, -0.25) is 14.6 Å². The lowest BCUT2D eigenvalue weighted by molar-refractivity contribution is -0.135. The molecule has 0 saturated carbocycles. The van der Waals surface area contributed by atoms with Crippen LogP contribution >= 0.6 is 0 Å². The fourth-order valence-corrected chi connectivity index (χ4v) is 3.50. The van der Waals surface area contributed by atoms with Gasteiger partial charge in [0.2, 0.25) is 5.91 Å². The summed E-state index contributed by atoms with van der Waals surface area (Å²) in [6.07, 6.45) is 7.10. The van der Waals surface area contributed by atoms with Crippen molar-refractivity contribution in [3.8, 4) is 0 Å². The highest BCUT2D eigenvalue weighted by Crippen LogP contribution is 2.24. The Labute approximate surface area is 135 Å². The molecule has 0 radical (unpaired) electrons. The van der Waals surface area contributed by atoms with Crippen LogP contribution < -0.4 is 0 Å². The van der Waals surface area contributed by atoms with E-state index < -0.39 is 0 Å². The molecule has 1 aromatic heterocycles. The van der Waals surface area contributed by atoms with Crippen LogP contribution in [0.2, 0.25) is 0 Å². The molecular weight excluding hydrogens is 296 g/mol. The predicted molar refractivity (Wildman–Crippen MR) is 82.7 cm³/mol. The molecule has 7 nitrogen and oxygen atoms in total. The number of amides is 2. The zero-order valence-electron chi connectivity index (χ0n) is 13.4. The lowest BCUT2D eigenvalue weighted by Crippen LogP contribution is -2.49. The zero-order chi connectivity index (χ0) is 16.2. The average Bonchev–Trinajstić information content (AvgIpc) is 3.05. The van der Waals surface area contributed by atoms with Crippen LogP contribution in [0.5, 0.6) is 0 Å². The van der Waals surface area contributed by atoms with E-state index in [4.69, 9.17) is 4.74 Å². The molecule has 0 aromatic carbocycles. The monoisotopic (exact) mass is 318 g/mol. The number of carbonyl (C=O) groups excluding carboxylic acids is 2. The third kappa shape index (κ3) is 3.50. The average molecular weight is 318 g/mol. The number of hydrogen-bond donors (Lipinski definition) is 0. The molecule has 2 fully saturated rings. The first-order chi connectivity index (χ1) is 11.2. The predicted octanol–water partition coefficient (Wildman–Crippen LogP) is 0.719. The third-order valence-corrected chi connectivity index (χ3v) is 4.57. The second-order valence-electron chi connectivity index (χ2n) is 6.05. The molecule has 0 bridgehead atoms. The number of ether oxygens (including phenoxy) is 1. The van der Waals surface area contributed by atoms with Crippen LogP contribution in [0.3, 0.4) is 0 Å². The largest absolute Gasteiger partial charge is 0.381 e. The number of hydrogen-bond acceptors (Lipinski definition) is 5. The maximum absolute atomic E-state index is 12.5. The van der Waals surface area contributed by atoms with Crippen LogP contribution in [0.15, 0.2) is 18.6 Å². The Bertz CT molecular complexity index is 560. The van der Waals surface area contributed by atoms with Crippen LogP contribution in [-0.4, -0.2) is 70.0 Å². The molecule has 3 heterocycles. The van der Waals surface area contributed by atoms with Gasteiger partial charge in [0.15, 0.2) is 0 Å². The van der Waals surface area contributed by atoms with Crippen LogP contribution in [0.1, 0.15) is 36.7 Å². The summed E-state index contributed by atoms with van der Waals surface area (Å²) in [7, 11) is 0. The Morgan fingerprint density at radius 2 is 2.00 bits per heavy atom. The van der Waals surface area contributed by atoms with Crippen LogP contribution in [0.25, 0.3) is 0 Å². The normalized spacial score (nSPS) is 22.1. The van der Waals surface area contributed by atoms with Crippen molar-refractivity contribution in [2.45, 2.75) is 38.3 Å². The number of aromatic nitrogens is 2. The van der Waals surface area contributed by atoms with Crippen molar-refractivity contribution in [3.63, 3.8) is 0 Å². The first-order valence-electron chi connectivity index (χ1n) is 8.08. The first-order valence-corrected chi connectivity index (χ1v) is 8.08. The lowest BCUT2D eigenvalue weighted by Gasteiger charge is -2.37. The van der Waals surface area contributed by atoms with Crippen molar-refractivity contribution in [2.75, 3.05) is 26.3 Å². The van der Waals surface area contributed by atoms with Gasteiger partial charge in [0.1, 0.15) is 5.69 Å². The number of nitrogens with zero attached hydrogens (tertiary/aromatic N) is 4. The topological polar surface area (TPSA) is 75.6 Å². The second-order valence-corrected chi connectivity index (χ2v) is 6.05. The molecule has 0 spiro atoms. The summed E-state index contributed by atoms with van der Waals surface area (Å²) in [4.78, 5) is 36.3. The summed E-state index contributed by atoms with van der Waals surface area (Å²) in [6.45, 7) is 4.22. The van der Waals surface area contributed by atoms with E-state index in [2.05, 4.69) is 9.97 Å². The molecule has 7 heteroatoms. The van der Waals surface area contributed by atoms with Gasteiger partial charge < -0.3 is 14.5 Å². The van der Waals surface area contributed by atoms with E-state index in [1.165, 1.54) is 12.4 Å². The highest BCUT2D eigenvalue weighted by molar-refractivity contribution is 5.92. The second kappa shape index (κ2) is 7.04. The molecule has 0 N–H and O–H groups in total. The van der Waals surface area contributed by atoms with Crippen molar-refractivity contribution in [1.29, 1.82) is 0 Å². The molecule has 124 valence electrons. The molecule has 2 aliphatic heterocycles. The Kier molecular flexibility index (Phi) is 4.85. The van der Waals surface area contributed by atoms with Gasteiger partial charge in [-0.15, -0.1) is 0 Å². The smallest absolute Gasteiger partial charge is 0.274 e. The first kappa shape index (κ1) is 15.9. The number of carbonyl (C=O) groups is 2. The molecule has 1 unspecified atom stereocenters. The van der Waals surface area contributed by atoms with Gasteiger partial charge in [0.05, 0.1) is 12.2 Å². The Morgan fingerprint density at radius 1 is 1.22 bits per heavy atom. The van der Waals surface area contributed by atoms with Crippen molar-refractivity contribution < 1.29 is 14.3 Å². The molecule has 23 heavy (non-hydrogen) atoms. The molecule has 1 atom stereocenters. The van der Waals surface area contributed by atoms with Gasteiger partial charge in [-0.25, -0.2) is 4.98 Å². The van der Waals surface area contributed by atoms with Crippen molar-refractivity contribution in [1.82, 2.24) is 19.8 Å². The Hall–Kier alpha value is -2.02. The SMILES string of the molecule is CC(=O)N(C1CCOCC1)C1CCN(C(=O)c2cnccn2)C1. The number of likely N-dealkylation sites (tertiary alicyclic amines) is 1. The van der Waals surface area contributed by atoms with E-state index in [0.717, 1.165) is 19.3 Å². The quantitative estimate of drug-likeness (QED) is 0.821. The van der Waals surface area contributed by atoms with Gasteiger partial charge in [-0.05, 0) is 19.3 Å². The van der Waals surface area contributed by atoms with Gasteiger partial charge in [0.25, 0.3) is 5.91 Å². The van der Waals surface area contributed by atoms with Crippen molar-refractivity contribution in [3.05, 3.63) is 24.3 Å². The minimum Gasteiger partial charge on any atom is -0.381 e. The lowest BCUT2D eigenvalue weighted by atomic mass is 10.0. The summed E-state index contributed by atoms with van der Waals surface area (Å²) in [5, 5.41) is 0. The summed E-state index contributed by atoms with van der Waals surface area (Å²) >= 11 is 0. The Morgan fingerprint density at radius 3 is 2.65 bits per heavy atom. The van der Waals surface area contributed by atoms with Gasteiger partial charge in [0, 0.05) is 51.7 Å². The summed E-state index contributed by atoms with van der Waals surface area (Å²) in [6, 6.07) is 0.300. The van der Waals surface area contributed by atoms with Crippen LogP contribution in [0, 0.1) is 0 Å². The molecule has 3 rings (SSSR count). The standard InChI is InChI=1S/C16H22N4O3/c1-12(21)20(13-3-8-23-9-4-13)14-2-7-19(11-14)16(22)15-10-17-5-6-18-15/h5-6,10,13-14H,2-4,7-9,11H2,1H3. The van der Waals surface area contributed by atoms with E-state index in [0.29, 0.717) is 32.0 Å². The van der Waals surface area contributed by atoms with E-state index >= 15 is 0 Å². The Balaban J connectivity index is 1.67. The third-order valence-electron chi connectivity index (χ3n) is 4.57. The van der Waals surface area contributed by atoms with Crippen LogP contribution in [0.4, 0.5) is 0 Å². The molecule has 2 amide bonds. The summed E-state index contributed by atoms with van der Waals surface area (Å²) in [5.74, 6) is -0.0354. The van der Waals surface area contributed by atoms with Crippen molar-refractivity contribution >= 4 is 11.8 Å². The fourth-order valence-electron chi connectivity index (χ4n) is 3.50. The van der Waals surface area contributed by atoms with E-state index in [1.807, 2.05) is 4.90 Å². The maximum atomic E-state index is 12.5. The van der Waals surface area contributed by atoms with Gasteiger partial charge in [-0.2, -0.15) is 0 Å². The number of rotatable bonds is 3. The highest BCUT2D eigenvalue weighted by atomic mass is 16.5. The highest BCUT2D eigenvalue weighted by Gasteiger charge is 2.36.